The minimum atomic E-state index is -0.679. The number of rotatable bonds is 3. The maximum absolute atomic E-state index is 12.0. The molecule has 1 atom stereocenters. The molecule has 19 heavy (non-hydrogen) atoms. The van der Waals surface area contributed by atoms with Crippen molar-refractivity contribution < 1.29 is 14.3 Å². The van der Waals surface area contributed by atoms with Crippen LogP contribution in [0.1, 0.15) is 43.9 Å². The van der Waals surface area contributed by atoms with E-state index in [1.165, 1.54) is 0 Å². The molecule has 1 aromatic rings. The summed E-state index contributed by atoms with van der Waals surface area (Å²) in [7, 11) is 1.81. The summed E-state index contributed by atoms with van der Waals surface area (Å²) in [6.07, 6.45) is 0. The van der Waals surface area contributed by atoms with E-state index in [1.54, 1.807) is 38.3 Å². The van der Waals surface area contributed by atoms with Crippen molar-refractivity contribution in [1.29, 1.82) is 0 Å². The normalized spacial score (nSPS) is 12.9. The summed E-state index contributed by atoms with van der Waals surface area (Å²) in [5.41, 5.74) is 0.945. The van der Waals surface area contributed by atoms with Gasteiger partial charge in [0.05, 0.1) is 0 Å². The van der Waals surface area contributed by atoms with Gasteiger partial charge in [-0.15, -0.1) is 0 Å². The quantitative estimate of drug-likeness (QED) is 0.849. The van der Waals surface area contributed by atoms with Crippen LogP contribution in [0, 0.1) is 6.92 Å². The number of nitrogens with one attached hydrogen (secondary N) is 1. The van der Waals surface area contributed by atoms with Crippen LogP contribution in [0.3, 0.4) is 0 Å². The van der Waals surface area contributed by atoms with Gasteiger partial charge in [-0.3, -0.25) is 4.79 Å². The number of ether oxygens (including phenoxy) is 1. The molecule has 0 spiro atoms. The molecular weight excluding hydrogens is 244 g/mol. The minimum absolute atomic E-state index is 0.283. The van der Waals surface area contributed by atoms with E-state index < -0.39 is 17.6 Å². The van der Waals surface area contributed by atoms with Gasteiger partial charge in [-0.2, -0.15) is 0 Å². The zero-order chi connectivity index (χ0) is 14.8. The van der Waals surface area contributed by atoms with E-state index >= 15 is 0 Å². The lowest BCUT2D eigenvalue weighted by Gasteiger charge is -2.22. The van der Waals surface area contributed by atoms with E-state index in [1.807, 2.05) is 20.0 Å². The molecule has 0 aliphatic rings. The van der Waals surface area contributed by atoms with Crippen molar-refractivity contribution in [3.8, 4) is 0 Å². The highest BCUT2D eigenvalue weighted by Gasteiger charge is 2.24. The zero-order valence-electron chi connectivity index (χ0n) is 12.4. The molecule has 0 unspecified atom stereocenters. The number of hydrogen-bond donors (Lipinski definition) is 1. The van der Waals surface area contributed by atoms with Gasteiger partial charge in [-0.25, -0.2) is 4.79 Å². The predicted molar refractivity (Wildman–Crippen MR) is 72.9 cm³/mol. The summed E-state index contributed by atoms with van der Waals surface area (Å²) in [5, 5.41) is 2.64. The van der Waals surface area contributed by atoms with Gasteiger partial charge in [0.1, 0.15) is 17.3 Å². The molecule has 0 bridgehead atoms. The zero-order valence-corrected chi connectivity index (χ0v) is 12.4. The molecule has 0 saturated carbocycles. The summed E-state index contributed by atoms with van der Waals surface area (Å²) in [4.78, 5) is 23.8. The maximum atomic E-state index is 12.0. The lowest BCUT2D eigenvalue weighted by atomic mass is 10.2. The summed E-state index contributed by atoms with van der Waals surface area (Å²) < 4.78 is 6.99. The Morgan fingerprint density at radius 2 is 1.89 bits per heavy atom. The maximum Gasteiger partial charge on any atom is 0.328 e. The van der Waals surface area contributed by atoms with Crippen LogP contribution in [0.5, 0.6) is 0 Å². The molecule has 0 radical (unpaired) electrons. The second-order valence-corrected chi connectivity index (χ2v) is 5.65. The first-order chi connectivity index (χ1) is 8.61. The number of aromatic nitrogens is 1. The fourth-order valence-corrected chi connectivity index (χ4v) is 1.56. The van der Waals surface area contributed by atoms with Crippen LogP contribution in [0.2, 0.25) is 0 Å². The fourth-order valence-electron chi connectivity index (χ4n) is 1.56. The number of hydrogen-bond acceptors (Lipinski definition) is 3. The molecule has 0 aliphatic carbocycles. The van der Waals surface area contributed by atoms with Gasteiger partial charge >= 0.3 is 5.97 Å². The molecule has 1 heterocycles. The third-order valence-electron chi connectivity index (χ3n) is 2.71. The number of nitrogens with zero attached hydrogens (tertiary/aromatic N) is 1. The van der Waals surface area contributed by atoms with Crippen LogP contribution < -0.4 is 5.32 Å². The van der Waals surface area contributed by atoms with Gasteiger partial charge in [0.2, 0.25) is 0 Å². The molecule has 1 rings (SSSR count). The van der Waals surface area contributed by atoms with Gasteiger partial charge in [0.15, 0.2) is 0 Å². The first-order valence-electron chi connectivity index (χ1n) is 6.28. The van der Waals surface area contributed by atoms with Gasteiger partial charge < -0.3 is 14.6 Å². The van der Waals surface area contributed by atoms with Crippen molar-refractivity contribution >= 4 is 11.9 Å². The van der Waals surface area contributed by atoms with E-state index in [4.69, 9.17) is 4.74 Å². The first-order valence-corrected chi connectivity index (χ1v) is 6.28. The summed E-state index contributed by atoms with van der Waals surface area (Å²) in [5.74, 6) is -0.722. The molecule has 106 valence electrons. The fraction of sp³-hybridized carbons (Fsp3) is 0.571. The van der Waals surface area contributed by atoms with Crippen LogP contribution in [0.4, 0.5) is 0 Å². The third-order valence-corrected chi connectivity index (χ3v) is 2.71. The molecule has 1 N–H and O–H groups in total. The van der Waals surface area contributed by atoms with Crippen LogP contribution in [-0.2, 0) is 16.6 Å². The van der Waals surface area contributed by atoms with E-state index in [0.29, 0.717) is 5.69 Å². The Bertz CT molecular complexity index is 483. The van der Waals surface area contributed by atoms with Crippen molar-refractivity contribution in [3.63, 3.8) is 0 Å². The van der Waals surface area contributed by atoms with Crippen LogP contribution >= 0.6 is 0 Å². The highest BCUT2D eigenvalue weighted by Crippen LogP contribution is 2.09. The topological polar surface area (TPSA) is 60.3 Å². The second kappa shape index (κ2) is 5.47. The van der Waals surface area contributed by atoms with Crippen LogP contribution in [-0.4, -0.2) is 28.1 Å². The monoisotopic (exact) mass is 266 g/mol. The Kier molecular flexibility index (Phi) is 4.39. The molecule has 0 aliphatic heterocycles. The van der Waals surface area contributed by atoms with Crippen molar-refractivity contribution in [2.45, 2.75) is 46.3 Å². The molecule has 1 aromatic heterocycles. The molecule has 0 aromatic carbocycles. The number of amides is 1. The Morgan fingerprint density at radius 1 is 1.32 bits per heavy atom. The van der Waals surface area contributed by atoms with E-state index in [2.05, 4.69) is 5.32 Å². The second-order valence-electron chi connectivity index (χ2n) is 5.65. The molecule has 5 heteroatoms. The van der Waals surface area contributed by atoms with Crippen molar-refractivity contribution in [2.24, 2.45) is 7.05 Å². The summed E-state index contributed by atoms with van der Waals surface area (Å²) >= 11 is 0. The molecule has 1 amide bonds. The lowest BCUT2D eigenvalue weighted by molar-refractivity contribution is -0.156. The van der Waals surface area contributed by atoms with E-state index in [-0.39, 0.29) is 5.91 Å². The van der Waals surface area contributed by atoms with Gasteiger partial charge in [-0.1, -0.05) is 0 Å². The molecule has 5 nitrogen and oxygen atoms in total. The van der Waals surface area contributed by atoms with E-state index in [9.17, 15) is 9.59 Å². The van der Waals surface area contributed by atoms with Gasteiger partial charge in [0.25, 0.3) is 5.91 Å². The Hall–Kier alpha value is -1.78. The Labute approximate surface area is 113 Å². The lowest BCUT2D eigenvalue weighted by Crippen LogP contribution is -2.42. The summed E-state index contributed by atoms with van der Waals surface area (Å²) in [6.45, 7) is 8.90. The van der Waals surface area contributed by atoms with Crippen molar-refractivity contribution in [3.05, 3.63) is 23.5 Å². The van der Waals surface area contributed by atoms with Crippen molar-refractivity contribution in [1.82, 2.24) is 9.88 Å². The number of esters is 1. The molecule has 0 fully saturated rings. The summed E-state index contributed by atoms with van der Waals surface area (Å²) in [6, 6.07) is 2.90. The van der Waals surface area contributed by atoms with Crippen LogP contribution in [0.25, 0.3) is 0 Å². The van der Waals surface area contributed by atoms with Gasteiger partial charge in [-0.05, 0) is 46.8 Å². The van der Waals surface area contributed by atoms with Gasteiger partial charge in [0, 0.05) is 12.7 Å². The molecular formula is C14H22N2O3. The van der Waals surface area contributed by atoms with Crippen molar-refractivity contribution in [2.75, 3.05) is 0 Å². The molecule has 0 saturated heterocycles. The SMILES string of the molecule is Cc1ccc(C(=O)N[C@H](C)C(=O)OC(C)(C)C)n1C. The smallest absolute Gasteiger partial charge is 0.328 e. The largest absolute Gasteiger partial charge is 0.458 e. The predicted octanol–water partition coefficient (Wildman–Crippen LogP) is 1.79. The highest BCUT2D eigenvalue weighted by atomic mass is 16.6. The number of aryl methyl sites for hydroxylation is 1. The Balaban J connectivity index is 2.67. The first kappa shape index (κ1) is 15.3. The van der Waals surface area contributed by atoms with Crippen LogP contribution in [0.15, 0.2) is 12.1 Å². The third kappa shape index (κ3) is 4.12. The highest BCUT2D eigenvalue weighted by molar-refractivity contribution is 5.95. The number of carbonyl (C=O) groups is 2. The standard InChI is InChI=1S/C14H22N2O3/c1-9-7-8-11(16(9)6)12(17)15-10(2)13(18)19-14(3,4)5/h7-8,10H,1-6H3,(H,15,17)/t10-/m1/s1. The average Bonchev–Trinajstić information content (AvgIpc) is 2.57. The number of carbonyl (C=O) groups excluding carboxylic acids is 2. The Morgan fingerprint density at radius 3 is 2.32 bits per heavy atom. The van der Waals surface area contributed by atoms with E-state index in [0.717, 1.165) is 5.69 Å². The average molecular weight is 266 g/mol. The minimum Gasteiger partial charge on any atom is -0.458 e.